The number of rotatable bonds is 6. The number of benzene rings is 2. The monoisotopic (exact) mass is 401 g/mol. The quantitative estimate of drug-likeness (QED) is 0.281. The summed E-state index contributed by atoms with van der Waals surface area (Å²) in [6.07, 6.45) is 0. The molecule has 0 fully saturated rings. The second-order valence-electron chi connectivity index (χ2n) is 5.56. The Kier molecular flexibility index (Phi) is 5.91. The summed E-state index contributed by atoms with van der Waals surface area (Å²) in [6, 6.07) is 11.8. The molecule has 0 saturated carbocycles. The number of H-pyrrole nitrogens is 1. The molecule has 0 radical (unpaired) electrons. The number of aliphatic hydroxyl groups is 1. The van der Waals surface area contributed by atoms with E-state index in [1.807, 2.05) is 6.07 Å². The smallest absolute Gasteiger partial charge is 0.316 e. The fraction of sp³-hybridized carbons (Fsp3) is 0.105. The van der Waals surface area contributed by atoms with E-state index >= 15 is 0 Å². The Labute approximate surface area is 162 Å². The van der Waals surface area contributed by atoms with Gasteiger partial charge in [0.15, 0.2) is 11.6 Å². The normalized spacial score (nSPS) is 11.8. The molecule has 142 valence electrons. The fourth-order valence-corrected chi connectivity index (χ4v) is 3.07. The predicted molar refractivity (Wildman–Crippen MR) is 99.3 cm³/mol. The zero-order chi connectivity index (χ0) is 20.1. The van der Waals surface area contributed by atoms with Crippen LogP contribution in [0.2, 0.25) is 0 Å². The van der Waals surface area contributed by atoms with Crippen LogP contribution in [-0.2, 0) is 9.53 Å². The van der Waals surface area contributed by atoms with Crippen LogP contribution >= 0.6 is 11.8 Å². The van der Waals surface area contributed by atoms with Crippen LogP contribution in [0.25, 0.3) is 16.6 Å². The van der Waals surface area contributed by atoms with E-state index in [2.05, 4.69) is 9.97 Å². The molecule has 0 atom stereocenters. The number of nitriles is 1. The lowest BCUT2D eigenvalue weighted by atomic mass is 10.2. The van der Waals surface area contributed by atoms with Crippen LogP contribution in [-0.4, -0.2) is 33.4 Å². The average Bonchev–Trinajstić information content (AvgIpc) is 3.11. The minimum atomic E-state index is -0.762. The molecule has 0 aliphatic heterocycles. The number of ether oxygens (including phenoxy) is 1. The molecule has 1 aromatic heterocycles. The fourth-order valence-electron chi connectivity index (χ4n) is 2.31. The summed E-state index contributed by atoms with van der Waals surface area (Å²) in [7, 11) is 0. The summed E-state index contributed by atoms with van der Waals surface area (Å²) in [5.74, 6) is -2.66. The zero-order valence-corrected chi connectivity index (χ0v) is 15.1. The number of aliphatic hydroxyl groups excluding tert-OH is 1. The topological polar surface area (TPSA) is 99.0 Å². The first kappa shape index (κ1) is 19.4. The van der Waals surface area contributed by atoms with Gasteiger partial charge < -0.3 is 14.8 Å². The van der Waals surface area contributed by atoms with Crippen LogP contribution in [0.5, 0.6) is 0 Å². The third kappa shape index (κ3) is 4.47. The van der Waals surface area contributed by atoms with Crippen LogP contribution in [0.15, 0.2) is 53.1 Å². The number of hydrogen-bond donors (Lipinski definition) is 2. The van der Waals surface area contributed by atoms with Gasteiger partial charge in [0, 0.05) is 4.90 Å². The molecule has 0 bridgehead atoms. The van der Waals surface area contributed by atoms with Crippen molar-refractivity contribution < 1.29 is 23.4 Å². The van der Waals surface area contributed by atoms with Gasteiger partial charge in [0.25, 0.3) is 0 Å². The molecule has 0 aliphatic rings. The van der Waals surface area contributed by atoms with Crippen molar-refractivity contribution in [3.8, 4) is 6.07 Å². The van der Waals surface area contributed by atoms with Crippen molar-refractivity contribution in [1.29, 1.82) is 5.26 Å². The SMILES string of the molecule is N#C/C(=C(/O)COC(=O)CSc1cc(F)ccc1F)c1nc2ccccc2[nH]1. The number of carbonyl (C=O) groups is 1. The Morgan fingerprint density at radius 3 is 2.82 bits per heavy atom. The van der Waals surface area contributed by atoms with Crippen LogP contribution < -0.4 is 0 Å². The molecule has 0 aliphatic carbocycles. The molecule has 9 heteroatoms. The number of fused-ring (bicyclic) bond motifs is 1. The Hall–Kier alpha value is -3.38. The van der Waals surface area contributed by atoms with E-state index in [1.165, 1.54) is 0 Å². The Morgan fingerprint density at radius 2 is 2.07 bits per heavy atom. The lowest BCUT2D eigenvalue weighted by Crippen LogP contribution is -2.11. The van der Waals surface area contributed by atoms with Gasteiger partial charge in [0.2, 0.25) is 0 Å². The molecule has 28 heavy (non-hydrogen) atoms. The first-order valence-electron chi connectivity index (χ1n) is 7.98. The number of nitrogens with zero attached hydrogens (tertiary/aromatic N) is 2. The number of imidazole rings is 1. The second kappa shape index (κ2) is 8.54. The maximum absolute atomic E-state index is 13.5. The van der Waals surface area contributed by atoms with E-state index in [0.29, 0.717) is 11.0 Å². The summed E-state index contributed by atoms with van der Waals surface area (Å²) in [4.78, 5) is 18.9. The van der Waals surface area contributed by atoms with Crippen LogP contribution in [0.3, 0.4) is 0 Å². The third-order valence-electron chi connectivity index (χ3n) is 3.64. The first-order valence-corrected chi connectivity index (χ1v) is 8.97. The summed E-state index contributed by atoms with van der Waals surface area (Å²) in [6.45, 7) is -0.551. The minimum Gasteiger partial charge on any atom is -0.507 e. The number of aromatic nitrogens is 2. The molecule has 0 saturated heterocycles. The second-order valence-corrected chi connectivity index (χ2v) is 6.58. The molecule has 3 rings (SSSR count). The molecule has 0 amide bonds. The van der Waals surface area contributed by atoms with Crippen LogP contribution in [0, 0.1) is 23.0 Å². The Morgan fingerprint density at radius 1 is 1.29 bits per heavy atom. The van der Waals surface area contributed by atoms with E-state index in [-0.39, 0.29) is 22.0 Å². The maximum Gasteiger partial charge on any atom is 0.316 e. The molecule has 1 heterocycles. The highest BCUT2D eigenvalue weighted by Crippen LogP contribution is 2.23. The van der Waals surface area contributed by atoms with Gasteiger partial charge in [-0.2, -0.15) is 5.26 Å². The Balaban J connectivity index is 1.64. The molecule has 0 unspecified atom stereocenters. The average molecular weight is 401 g/mol. The van der Waals surface area contributed by atoms with Gasteiger partial charge in [0.1, 0.15) is 29.9 Å². The third-order valence-corrected chi connectivity index (χ3v) is 4.64. The number of halogens is 2. The van der Waals surface area contributed by atoms with E-state index in [9.17, 15) is 23.9 Å². The number of hydrogen-bond acceptors (Lipinski definition) is 6. The lowest BCUT2D eigenvalue weighted by Gasteiger charge is -2.06. The van der Waals surface area contributed by atoms with E-state index in [1.54, 1.807) is 24.3 Å². The number of esters is 1. The van der Waals surface area contributed by atoms with Crippen molar-refractivity contribution >= 4 is 34.3 Å². The predicted octanol–water partition coefficient (Wildman–Crippen LogP) is 3.97. The number of para-hydroxylation sites is 2. The van der Waals surface area contributed by atoms with Gasteiger partial charge in [-0.1, -0.05) is 12.1 Å². The molecule has 0 spiro atoms. The first-order chi connectivity index (χ1) is 13.5. The van der Waals surface area contributed by atoms with E-state index < -0.39 is 30.0 Å². The zero-order valence-electron chi connectivity index (χ0n) is 14.3. The molecule has 3 aromatic rings. The number of carbonyl (C=O) groups excluding carboxylic acids is 1. The van der Waals surface area contributed by atoms with Crippen molar-refractivity contribution in [2.75, 3.05) is 12.4 Å². The van der Waals surface area contributed by atoms with Gasteiger partial charge >= 0.3 is 5.97 Å². The number of nitrogens with one attached hydrogen (secondary N) is 1. The van der Waals surface area contributed by atoms with E-state index in [4.69, 9.17) is 4.74 Å². The van der Waals surface area contributed by atoms with E-state index in [0.717, 1.165) is 30.0 Å². The summed E-state index contributed by atoms with van der Waals surface area (Å²) < 4.78 is 31.5. The number of allylic oxidation sites excluding steroid dienone is 1. The maximum atomic E-state index is 13.5. The van der Waals surface area contributed by atoms with Crippen molar-refractivity contribution in [3.63, 3.8) is 0 Å². The van der Waals surface area contributed by atoms with Crippen molar-refractivity contribution in [2.45, 2.75) is 4.90 Å². The largest absolute Gasteiger partial charge is 0.507 e. The highest BCUT2D eigenvalue weighted by Gasteiger charge is 2.15. The molecular formula is C19H13F2N3O3S. The molecule has 2 aromatic carbocycles. The van der Waals surface area contributed by atoms with Gasteiger partial charge in [-0.3, -0.25) is 4.79 Å². The van der Waals surface area contributed by atoms with Gasteiger partial charge in [0.05, 0.1) is 16.8 Å². The highest BCUT2D eigenvalue weighted by molar-refractivity contribution is 8.00. The Bertz CT molecular complexity index is 1070. The van der Waals surface area contributed by atoms with Crippen molar-refractivity contribution in [3.05, 3.63) is 65.7 Å². The lowest BCUT2D eigenvalue weighted by molar-refractivity contribution is -0.140. The van der Waals surface area contributed by atoms with Crippen LogP contribution in [0.4, 0.5) is 8.78 Å². The highest BCUT2D eigenvalue weighted by atomic mass is 32.2. The number of aromatic amines is 1. The molecule has 2 N–H and O–H groups in total. The summed E-state index contributed by atoms with van der Waals surface area (Å²) >= 11 is 0.764. The standard InChI is InChI=1S/C19H13F2N3O3S/c20-11-5-6-13(21)17(7-11)28-10-18(26)27-9-16(25)12(8-22)19-23-14-3-1-2-4-15(14)24-19/h1-7,25H,9-10H2,(H,23,24)/b16-12-. The van der Waals surface area contributed by atoms with Gasteiger partial charge in [-0.05, 0) is 30.3 Å². The summed E-state index contributed by atoms with van der Waals surface area (Å²) in [5.41, 5.74) is 1.14. The summed E-state index contributed by atoms with van der Waals surface area (Å²) in [5, 5.41) is 19.4. The number of thioether (sulfide) groups is 1. The van der Waals surface area contributed by atoms with Crippen molar-refractivity contribution in [2.24, 2.45) is 0 Å². The molecule has 6 nitrogen and oxygen atoms in total. The van der Waals surface area contributed by atoms with Gasteiger partial charge in [-0.25, -0.2) is 13.8 Å². The minimum absolute atomic E-state index is 0.0308. The molecular weight excluding hydrogens is 388 g/mol. The van der Waals surface area contributed by atoms with Crippen LogP contribution in [0.1, 0.15) is 5.82 Å². The van der Waals surface area contributed by atoms with Gasteiger partial charge in [-0.15, -0.1) is 11.8 Å². The van der Waals surface area contributed by atoms with Crippen molar-refractivity contribution in [1.82, 2.24) is 9.97 Å².